The Hall–Kier alpha value is -4.75. The Morgan fingerprint density at radius 3 is 2.33 bits per heavy atom. The van der Waals surface area contributed by atoms with Crippen LogP contribution in [0.25, 0.3) is 11.3 Å². The number of carbonyl (C=O) groups excluding carboxylic acids is 2. The van der Waals surface area contributed by atoms with Gasteiger partial charge in [-0.25, -0.2) is 14.8 Å². The first kappa shape index (κ1) is 33.1. The Morgan fingerprint density at radius 1 is 1.00 bits per heavy atom. The van der Waals surface area contributed by atoms with Gasteiger partial charge in [-0.15, -0.1) is 0 Å². The average molecular weight is 646 g/mol. The van der Waals surface area contributed by atoms with Crippen molar-refractivity contribution in [3.8, 4) is 17.3 Å². The first-order chi connectivity index (χ1) is 21.3. The summed E-state index contributed by atoms with van der Waals surface area (Å²) in [4.78, 5) is 34.0. The van der Waals surface area contributed by atoms with E-state index in [1.807, 2.05) is 6.07 Å². The highest BCUT2D eigenvalue weighted by Gasteiger charge is 2.38. The fourth-order valence-corrected chi connectivity index (χ4v) is 5.06. The second kappa shape index (κ2) is 14.4. The van der Waals surface area contributed by atoms with Gasteiger partial charge in [0.1, 0.15) is 11.9 Å². The second-order valence-electron chi connectivity index (χ2n) is 10.2. The second-order valence-corrected chi connectivity index (χ2v) is 11.8. The molecule has 1 aliphatic rings. The van der Waals surface area contributed by atoms with Crippen LogP contribution in [0.5, 0.6) is 0 Å². The fraction of sp³-hybridized carbons (Fsp3) is 0.345. The summed E-state index contributed by atoms with van der Waals surface area (Å²) in [5, 5.41) is 16.6. The molecule has 1 unspecified atom stereocenters. The summed E-state index contributed by atoms with van der Waals surface area (Å²) in [7, 11) is -4.22. The maximum atomic E-state index is 13.8. The minimum atomic E-state index is -4.84. The molecule has 3 aromatic rings. The molecule has 12 nitrogen and oxygen atoms in total. The highest BCUT2D eigenvalue weighted by atomic mass is 32.2. The van der Waals surface area contributed by atoms with E-state index in [1.165, 1.54) is 18.2 Å². The number of nitrogens with zero attached hydrogens (tertiary/aromatic N) is 4. The van der Waals surface area contributed by atoms with E-state index in [9.17, 15) is 31.2 Å². The summed E-state index contributed by atoms with van der Waals surface area (Å²) >= 11 is 0. The number of nitriles is 1. The van der Waals surface area contributed by atoms with Gasteiger partial charge in [0.2, 0.25) is 11.7 Å². The molecule has 1 saturated heterocycles. The van der Waals surface area contributed by atoms with Gasteiger partial charge in [0, 0.05) is 37.8 Å². The zero-order valence-corrected chi connectivity index (χ0v) is 24.7. The number of anilines is 1. The van der Waals surface area contributed by atoms with E-state index in [2.05, 4.69) is 25.9 Å². The molecule has 2 heterocycles. The van der Waals surface area contributed by atoms with Crippen LogP contribution in [0.1, 0.15) is 35.4 Å². The lowest BCUT2D eigenvalue weighted by molar-refractivity contribution is -0.144. The minimum Gasteiger partial charge on any atom is -0.354 e. The van der Waals surface area contributed by atoms with Gasteiger partial charge in [-0.05, 0) is 42.5 Å². The molecule has 4 N–H and O–H groups in total. The van der Waals surface area contributed by atoms with E-state index in [-0.39, 0.29) is 30.5 Å². The van der Waals surface area contributed by atoms with Crippen LogP contribution in [0.15, 0.2) is 54.6 Å². The van der Waals surface area contributed by atoms with Gasteiger partial charge in [-0.1, -0.05) is 36.4 Å². The Balaban J connectivity index is 1.44. The molecule has 238 valence electrons. The smallest absolute Gasteiger partial charge is 0.354 e. The zero-order valence-electron chi connectivity index (χ0n) is 23.8. The highest BCUT2D eigenvalue weighted by Crippen LogP contribution is 2.33. The number of amides is 3. The van der Waals surface area contributed by atoms with Crippen molar-refractivity contribution in [2.45, 2.75) is 38.0 Å². The third-order valence-corrected chi connectivity index (χ3v) is 7.68. The van der Waals surface area contributed by atoms with E-state index in [4.69, 9.17) is 9.81 Å². The van der Waals surface area contributed by atoms with Crippen LogP contribution in [-0.2, 0) is 34.1 Å². The molecule has 1 atom stereocenters. The lowest BCUT2D eigenvalue weighted by atomic mass is 10.1. The zero-order chi connectivity index (χ0) is 32.6. The first-order valence-electron chi connectivity index (χ1n) is 13.9. The highest BCUT2D eigenvalue weighted by molar-refractivity contribution is 7.85. The predicted molar refractivity (Wildman–Crippen MR) is 157 cm³/mol. The maximum absolute atomic E-state index is 13.8. The van der Waals surface area contributed by atoms with E-state index in [0.29, 0.717) is 49.0 Å². The number of alkyl halides is 3. The van der Waals surface area contributed by atoms with Crippen LogP contribution in [0.4, 0.5) is 23.8 Å². The molecule has 45 heavy (non-hydrogen) atoms. The Labute approximate surface area is 257 Å². The fourth-order valence-electron chi connectivity index (χ4n) is 4.70. The Morgan fingerprint density at radius 2 is 1.69 bits per heavy atom. The van der Waals surface area contributed by atoms with Gasteiger partial charge in [-0.3, -0.25) is 9.35 Å². The number of hydrogen-bond donors (Lipinski definition) is 4. The third kappa shape index (κ3) is 9.62. The van der Waals surface area contributed by atoms with Crippen LogP contribution < -0.4 is 20.9 Å². The van der Waals surface area contributed by atoms with Crippen LogP contribution in [0.2, 0.25) is 0 Å². The molecular formula is C29H30F3N7O5S. The van der Waals surface area contributed by atoms with E-state index < -0.39 is 39.9 Å². The number of urea groups is 1. The van der Waals surface area contributed by atoms with Crippen molar-refractivity contribution in [3.05, 3.63) is 77.1 Å². The number of hydrogen-bond acceptors (Lipinski definition) is 8. The van der Waals surface area contributed by atoms with Gasteiger partial charge in [-0.2, -0.15) is 26.9 Å². The number of halogens is 3. The summed E-state index contributed by atoms with van der Waals surface area (Å²) in [6, 6.07) is 15.3. The lowest BCUT2D eigenvalue weighted by Crippen LogP contribution is -2.44. The number of aromatic nitrogens is 2. The molecule has 1 aliphatic heterocycles. The molecule has 16 heteroatoms. The summed E-state index contributed by atoms with van der Waals surface area (Å²) in [6.45, 7) is 0.388. The molecule has 0 spiro atoms. The molecule has 0 saturated carbocycles. The average Bonchev–Trinajstić information content (AvgIpc) is 3.50. The molecule has 4 rings (SSSR count). The van der Waals surface area contributed by atoms with Gasteiger partial charge in [0.15, 0.2) is 0 Å². The normalized spacial score (nSPS) is 14.9. The number of nitrogens with one attached hydrogen (secondary N) is 3. The van der Waals surface area contributed by atoms with Gasteiger partial charge >= 0.3 is 12.2 Å². The van der Waals surface area contributed by atoms with E-state index in [0.717, 1.165) is 5.56 Å². The molecule has 0 bridgehead atoms. The summed E-state index contributed by atoms with van der Waals surface area (Å²) in [5.74, 6) is -2.33. The summed E-state index contributed by atoms with van der Waals surface area (Å²) < 4.78 is 71.7. The largest absolute Gasteiger partial charge is 0.451 e. The van der Waals surface area contributed by atoms with Gasteiger partial charge in [0.05, 0.1) is 23.1 Å². The van der Waals surface area contributed by atoms with Crippen molar-refractivity contribution in [1.29, 1.82) is 5.26 Å². The van der Waals surface area contributed by atoms with Crippen LogP contribution in [0, 0.1) is 11.3 Å². The SMILES string of the molecule is N#Cc1ccc(CCNC(=O)C2CCCN2c2cc(-c3ccc(CNC(=O)NCCS(=O)(=O)O)cc3)nc(C(F)(F)F)n2)cc1. The van der Waals surface area contributed by atoms with Gasteiger partial charge in [0.25, 0.3) is 10.1 Å². The van der Waals surface area contributed by atoms with Crippen molar-refractivity contribution in [2.75, 3.05) is 30.3 Å². The summed E-state index contributed by atoms with van der Waals surface area (Å²) in [5.41, 5.74) is 2.41. The van der Waals surface area contributed by atoms with Crippen molar-refractivity contribution in [3.63, 3.8) is 0 Å². The van der Waals surface area contributed by atoms with Crippen molar-refractivity contribution < 1.29 is 35.7 Å². The third-order valence-electron chi connectivity index (χ3n) is 6.96. The monoisotopic (exact) mass is 645 g/mol. The topological polar surface area (TPSA) is 177 Å². The van der Waals surface area contributed by atoms with Crippen LogP contribution in [-0.4, -0.2) is 66.3 Å². The number of carbonyl (C=O) groups is 2. The Kier molecular flexibility index (Phi) is 10.6. The minimum absolute atomic E-state index is 0.00154. The maximum Gasteiger partial charge on any atom is 0.451 e. The summed E-state index contributed by atoms with van der Waals surface area (Å²) in [6.07, 6.45) is -3.30. The molecule has 0 radical (unpaired) electrons. The van der Waals surface area contributed by atoms with Crippen molar-refractivity contribution >= 4 is 27.9 Å². The molecule has 1 aromatic heterocycles. The van der Waals surface area contributed by atoms with Crippen LogP contribution >= 0.6 is 0 Å². The van der Waals surface area contributed by atoms with Gasteiger partial charge < -0.3 is 20.9 Å². The first-order valence-corrected chi connectivity index (χ1v) is 15.5. The van der Waals surface area contributed by atoms with Crippen molar-refractivity contribution in [2.24, 2.45) is 0 Å². The molecular weight excluding hydrogens is 615 g/mol. The Bertz CT molecular complexity index is 1660. The molecule has 2 aromatic carbocycles. The molecule has 3 amide bonds. The van der Waals surface area contributed by atoms with Crippen LogP contribution in [0.3, 0.4) is 0 Å². The molecule has 1 fully saturated rings. The lowest BCUT2D eigenvalue weighted by Gasteiger charge is -2.26. The standard InChI is InChI=1S/C29H30F3N7O5S/c30-29(31,32)27-37-23(22-9-7-21(8-10-22)18-36-28(41)35-13-15-45(42,43)44)16-25(38-27)39-14-1-2-24(39)26(40)34-12-11-19-3-5-20(17-33)6-4-19/h3-10,16,24H,1-2,11-15,18H2,(H,34,40)(H2,35,36,41)(H,42,43,44). The van der Waals surface area contributed by atoms with E-state index in [1.54, 1.807) is 41.3 Å². The van der Waals surface area contributed by atoms with E-state index >= 15 is 0 Å². The number of rotatable bonds is 11. The molecule has 0 aliphatic carbocycles. The quantitative estimate of drug-likeness (QED) is 0.228. The number of benzene rings is 2. The predicted octanol–water partition coefficient (Wildman–Crippen LogP) is 3.05. The van der Waals surface area contributed by atoms with Crippen molar-refractivity contribution in [1.82, 2.24) is 25.9 Å².